The summed E-state index contributed by atoms with van der Waals surface area (Å²) < 4.78 is 50.7. The lowest BCUT2D eigenvalue weighted by molar-refractivity contribution is -0.131. The van der Waals surface area contributed by atoms with Gasteiger partial charge < -0.3 is 57.8 Å². The number of carboxylic acid groups (broad SMARTS) is 1. The highest BCUT2D eigenvalue weighted by Gasteiger charge is 2.23. The van der Waals surface area contributed by atoms with Crippen LogP contribution >= 0.6 is 0 Å². The van der Waals surface area contributed by atoms with Crippen molar-refractivity contribution in [3.05, 3.63) is 56.7 Å². The molecule has 0 amide bonds. The van der Waals surface area contributed by atoms with Gasteiger partial charge >= 0.3 is 11.7 Å². The van der Waals surface area contributed by atoms with Crippen molar-refractivity contribution in [1.82, 2.24) is 19.1 Å². The van der Waals surface area contributed by atoms with E-state index in [0.29, 0.717) is 154 Å². The van der Waals surface area contributed by atoms with Crippen molar-refractivity contribution in [1.29, 1.82) is 0 Å². The molecule has 1 aromatic carbocycles. The molecule has 2 aromatic heterocycles. The van der Waals surface area contributed by atoms with E-state index in [1.54, 1.807) is 11.7 Å². The van der Waals surface area contributed by atoms with E-state index in [0.717, 1.165) is 55.7 Å². The first-order chi connectivity index (χ1) is 32.9. The van der Waals surface area contributed by atoms with Gasteiger partial charge in [-0.05, 0) is 49.2 Å². The predicted octanol–water partition coefficient (Wildman–Crippen LogP) is 5.35. The van der Waals surface area contributed by atoms with Crippen molar-refractivity contribution in [2.24, 2.45) is 11.8 Å². The molecule has 0 atom stereocenters. The third-order valence-electron chi connectivity index (χ3n) is 11.6. The first-order valence-corrected chi connectivity index (χ1v) is 24.4. The molecule has 0 unspecified atom stereocenters. The summed E-state index contributed by atoms with van der Waals surface area (Å²) in [5.41, 5.74) is 1.83. The lowest BCUT2D eigenvalue weighted by atomic mass is 10.00. The predicted molar refractivity (Wildman–Crippen MR) is 255 cm³/mol. The largest absolute Gasteiger partial charge is 0.478 e. The van der Waals surface area contributed by atoms with E-state index < -0.39 is 5.97 Å². The summed E-state index contributed by atoms with van der Waals surface area (Å²) in [5, 5.41) is 17.4. The maximum absolute atomic E-state index is 13.9. The number of hydrogen-bond acceptors (Lipinski definition) is 14. The number of nitrogens with one attached hydrogen (secondary N) is 1. The minimum atomic E-state index is -1.00. The zero-order valence-corrected chi connectivity index (χ0v) is 39.9. The van der Waals surface area contributed by atoms with Gasteiger partial charge in [0, 0.05) is 31.8 Å². The highest BCUT2D eigenvalue weighted by Crippen LogP contribution is 2.27. The first-order valence-electron chi connectivity index (χ1n) is 24.4. The van der Waals surface area contributed by atoms with Gasteiger partial charge in [-0.25, -0.2) is 14.6 Å². The zero-order chi connectivity index (χ0) is 47.6. The Morgan fingerprint density at radius 2 is 1.01 bits per heavy atom. The van der Waals surface area contributed by atoms with Gasteiger partial charge in [0.2, 0.25) is 0 Å². The molecule has 3 aromatic rings. The molecule has 378 valence electrons. The topological polar surface area (TPSA) is 213 Å². The van der Waals surface area contributed by atoms with Crippen LogP contribution in [0.1, 0.15) is 82.6 Å². The molecule has 0 saturated heterocycles. The molecule has 2 aliphatic carbocycles. The standard InChI is InChI=1S/C30H38N4O4.C19H40O10/c35-25(36)18-15-21-13-16-24(17-14-21)27-31-26-28(32-27)33(19-22-9-5-1-2-6-10-22)30(38)34(29(26)37)20-23-11-7-3-4-8-12-23;1-21-4-5-23-8-9-25-12-13-27-16-17-29-19-18-28-15-14-26-11-10-24-7-6-22-3-2-20/h13-18,22-23H,1-12,19-20H2,(H,31,32)(H,35,36);20H,2-19H2,1H3/b18-15+;. The third kappa shape index (κ3) is 22.9. The van der Waals surface area contributed by atoms with E-state index in [-0.39, 0.29) is 17.9 Å². The molecule has 18 heteroatoms. The normalized spacial score (nSPS) is 15.2. The summed E-state index contributed by atoms with van der Waals surface area (Å²) in [5.74, 6) is 0.286. The van der Waals surface area contributed by atoms with Gasteiger partial charge in [-0.15, -0.1) is 0 Å². The average Bonchev–Trinajstić information content (AvgIpc) is 3.45. The number of benzene rings is 1. The van der Waals surface area contributed by atoms with Crippen LogP contribution < -0.4 is 11.2 Å². The molecule has 2 fully saturated rings. The number of aromatic amines is 1. The second-order valence-corrected chi connectivity index (χ2v) is 16.7. The Morgan fingerprint density at radius 1 is 0.612 bits per heavy atom. The van der Waals surface area contributed by atoms with Gasteiger partial charge in [-0.3, -0.25) is 13.9 Å². The van der Waals surface area contributed by atoms with Crippen LogP contribution in [0.2, 0.25) is 0 Å². The maximum Gasteiger partial charge on any atom is 0.332 e. The van der Waals surface area contributed by atoms with Crippen LogP contribution in [0.25, 0.3) is 28.6 Å². The Balaban J connectivity index is 0.000000306. The number of imidazole rings is 1. The fourth-order valence-corrected chi connectivity index (χ4v) is 8.01. The number of aliphatic carboxylic acids is 1. The van der Waals surface area contributed by atoms with E-state index >= 15 is 0 Å². The lowest BCUT2D eigenvalue weighted by Crippen LogP contribution is -2.42. The van der Waals surface area contributed by atoms with Crippen LogP contribution in [0.3, 0.4) is 0 Å². The Kier molecular flexibility index (Phi) is 29.4. The average molecular weight is 947 g/mol. The molecule has 67 heavy (non-hydrogen) atoms. The monoisotopic (exact) mass is 947 g/mol. The minimum Gasteiger partial charge on any atom is -0.478 e. The number of aliphatic hydroxyl groups excluding tert-OH is 1. The van der Waals surface area contributed by atoms with Crippen molar-refractivity contribution in [3.63, 3.8) is 0 Å². The van der Waals surface area contributed by atoms with Gasteiger partial charge in [0.25, 0.3) is 5.56 Å². The number of rotatable bonds is 33. The molecule has 2 heterocycles. The summed E-state index contributed by atoms with van der Waals surface area (Å²) >= 11 is 0. The fourth-order valence-electron chi connectivity index (χ4n) is 8.01. The van der Waals surface area contributed by atoms with E-state index in [9.17, 15) is 14.4 Å². The van der Waals surface area contributed by atoms with Crippen molar-refractivity contribution >= 4 is 23.2 Å². The number of nitrogens with zero attached hydrogens (tertiary/aromatic N) is 3. The number of aliphatic hydroxyl groups is 1. The SMILES string of the molecule is COCCOCCOCCOCCOCCOCCOCCOCCOCCO.O=C(O)/C=C/c1ccc(-c2nc3c([nH]2)c(=O)n(CC2CCCCCC2)c(=O)n3CC2CCCCCC2)cc1. The Hall–Kier alpha value is -3.82. The minimum absolute atomic E-state index is 0.0322. The Bertz CT molecular complexity index is 1860. The molecule has 0 aliphatic heterocycles. The quantitative estimate of drug-likeness (QED) is 0.0399. The summed E-state index contributed by atoms with van der Waals surface area (Å²) in [7, 11) is 1.64. The van der Waals surface area contributed by atoms with Gasteiger partial charge in [0.05, 0.1) is 119 Å². The number of H-pyrrole nitrogens is 1. The van der Waals surface area contributed by atoms with Crippen molar-refractivity contribution < 1.29 is 57.6 Å². The van der Waals surface area contributed by atoms with Crippen LogP contribution in [-0.4, -0.2) is 161 Å². The number of fused-ring (bicyclic) bond motifs is 1. The van der Waals surface area contributed by atoms with Crippen molar-refractivity contribution in [2.75, 3.05) is 126 Å². The summed E-state index contributed by atoms with van der Waals surface area (Å²) in [4.78, 5) is 46.4. The maximum atomic E-state index is 13.9. The zero-order valence-electron chi connectivity index (χ0n) is 39.9. The van der Waals surface area contributed by atoms with E-state index in [1.165, 1.54) is 49.2 Å². The molecule has 0 bridgehead atoms. The summed E-state index contributed by atoms with van der Waals surface area (Å²) in [6.45, 7) is 9.96. The molecular weight excluding hydrogens is 869 g/mol. The Labute approximate surface area is 395 Å². The van der Waals surface area contributed by atoms with Gasteiger partial charge in [0.15, 0.2) is 5.65 Å². The number of carbonyl (C=O) groups is 1. The third-order valence-corrected chi connectivity index (χ3v) is 11.6. The molecule has 18 nitrogen and oxygen atoms in total. The number of ether oxygens (including phenoxy) is 9. The van der Waals surface area contributed by atoms with Crippen molar-refractivity contribution in [2.45, 2.75) is 90.1 Å². The highest BCUT2D eigenvalue weighted by molar-refractivity contribution is 5.85. The number of aromatic nitrogens is 4. The Morgan fingerprint density at radius 3 is 1.42 bits per heavy atom. The molecule has 2 saturated carbocycles. The molecule has 5 rings (SSSR count). The lowest BCUT2D eigenvalue weighted by Gasteiger charge is -2.19. The molecule has 0 radical (unpaired) electrons. The van der Waals surface area contributed by atoms with Gasteiger partial charge in [-0.2, -0.15) is 0 Å². The fraction of sp³-hybridized carbons (Fsp3) is 0.714. The van der Waals surface area contributed by atoms with E-state index in [2.05, 4.69) is 4.98 Å². The molecule has 3 N–H and O–H groups in total. The molecular formula is C49H78N4O14. The molecule has 2 aliphatic rings. The number of carboxylic acids is 1. The molecule has 0 spiro atoms. The van der Waals surface area contributed by atoms with Crippen LogP contribution in [0, 0.1) is 11.8 Å². The van der Waals surface area contributed by atoms with Crippen molar-refractivity contribution in [3.8, 4) is 11.4 Å². The van der Waals surface area contributed by atoms with Crippen LogP contribution in [0.5, 0.6) is 0 Å². The van der Waals surface area contributed by atoms with Crippen LogP contribution in [0.4, 0.5) is 0 Å². The summed E-state index contributed by atoms with van der Waals surface area (Å²) in [6, 6.07) is 7.31. The van der Waals surface area contributed by atoms with Gasteiger partial charge in [0.1, 0.15) is 11.3 Å². The first kappa shape index (κ1) is 55.8. The van der Waals surface area contributed by atoms with E-state index in [4.69, 9.17) is 57.8 Å². The second kappa shape index (κ2) is 35.3. The van der Waals surface area contributed by atoms with Gasteiger partial charge in [-0.1, -0.05) is 75.6 Å². The number of hydrogen-bond donors (Lipinski definition) is 3. The van der Waals surface area contributed by atoms with E-state index in [1.807, 2.05) is 24.3 Å². The smallest absolute Gasteiger partial charge is 0.332 e. The second-order valence-electron chi connectivity index (χ2n) is 16.7. The van der Waals surface area contributed by atoms with Crippen LogP contribution in [-0.2, 0) is 60.5 Å². The number of methoxy groups -OCH3 is 1. The highest BCUT2D eigenvalue weighted by atomic mass is 16.6. The van der Waals surface area contributed by atoms with Crippen LogP contribution in [0.15, 0.2) is 39.9 Å². The summed E-state index contributed by atoms with van der Waals surface area (Å²) in [6.07, 6.45) is 16.5.